The van der Waals surface area contributed by atoms with Gasteiger partial charge in [-0.15, -0.1) is 0 Å². The Kier molecular flexibility index (Phi) is 2.75. The predicted octanol–water partition coefficient (Wildman–Crippen LogP) is 1.72. The van der Waals surface area contributed by atoms with E-state index in [1.54, 1.807) is 17.7 Å². The van der Waals surface area contributed by atoms with E-state index in [2.05, 4.69) is 5.10 Å². The van der Waals surface area contributed by atoms with Crippen LogP contribution in [0.15, 0.2) is 35.1 Å². The van der Waals surface area contributed by atoms with Crippen molar-refractivity contribution in [2.24, 2.45) is 0 Å². The molecule has 0 aliphatic heterocycles. The lowest BCUT2D eigenvalue weighted by Gasteiger charge is -2.09. The van der Waals surface area contributed by atoms with Gasteiger partial charge in [0.1, 0.15) is 6.07 Å². The van der Waals surface area contributed by atoms with Gasteiger partial charge in [0.15, 0.2) is 0 Å². The van der Waals surface area contributed by atoms with Crippen molar-refractivity contribution in [2.75, 3.05) is 0 Å². The molecule has 84 valence electrons. The molecule has 17 heavy (non-hydrogen) atoms. The monoisotopic (exact) mass is 225 g/mol. The minimum atomic E-state index is -0.339. The molecule has 0 radical (unpaired) electrons. The number of nitriles is 1. The van der Waals surface area contributed by atoms with Gasteiger partial charge in [0, 0.05) is 11.8 Å². The van der Waals surface area contributed by atoms with Gasteiger partial charge in [-0.1, -0.05) is 17.7 Å². The maximum Gasteiger partial charge on any atom is 0.218 e. The van der Waals surface area contributed by atoms with E-state index >= 15 is 0 Å². The third kappa shape index (κ3) is 2.08. The molecule has 1 aromatic heterocycles. The fourth-order valence-corrected chi connectivity index (χ4v) is 1.57. The van der Waals surface area contributed by atoms with Crippen molar-refractivity contribution in [3.63, 3.8) is 0 Å². The van der Waals surface area contributed by atoms with Crippen molar-refractivity contribution in [2.45, 2.75) is 13.8 Å². The Morgan fingerprint density at radius 3 is 2.47 bits per heavy atom. The highest BCUT2D eigenvalue weighted by Crippen LogP contribution is 2.09. The molecule has 0 atom stereocenters. The van der Waals surface area contributed by atoms with Crippen molar-refractivity contribution in [3.05, 3.63) is 57.5 Å². The fraction of sp³-hybridized carbons (Fsp3) is 0.154. The van der Waals surface area contributed by atoms with Crippen LogP contribution in [0.3, 0.4) is 0 Å². The number of hydrogen-bond donors (Lipinski definition) is 0. The molecule has 0 aliphatic carbocycles. The molecule has 0 saturated heterocycles. The molecule has 2 aromatic rings. The molecule has 1 heterocycles. The maximum atomic E-state index is 11.4. The first kappa shape index (κ1) is 11.1. The molecule has 4 heteroatoms. The van der Waals surface area contributed by atoms with Crippen LogP contribution in [-0.2, 0) is 0 Å². The maximum absolute atomic E-state index is 11.4. The van der Waals surface area contributed by atoms with Crippen LogP contribution in [0.2, 0.25) is 0 Å². The van der Waals surface area contributed by atoms with E-state index in [0.29, 0.717) is 5.69 Å². The average Bonchev–Trinajstić information content (AvgIpc) is 2.31. The lowest BCUT2D eigenvalue weighted by Crippen LogP contribution is -2.16. The first-order chi connectivity index (χ1) is 8.11. The first-order valence-electron chi connectivity index (χ1n) is 5.20. The minimum absolute atomic E-state index is 0.0869. The molecule has 4 nitrogen and oxygen atoms in total. The van der Waals surface area contributed by atoms with E-state index in [4.69, 9.17) is 5.26 Å². The Bertz CT molecular complexity index is 648. The van der Waals surface area contributed by atoms with Crippen LogP contribution < -0.4 is 5.43 Å². The largest absolute Gasteiger partial charge is 0.287 e. The topological polar surface area (TPSA) is 58.7 Å². The molecule has 0 bridgehead atoms. The molecule has 2 rings (SSSR count). The zero-order chi connectivity index (χ0) is 12.4. The summed E-state index contributed by atoms with van der Waals surface area (Å²) in [5, 5.41) is 12.8. The van der Waals surface area contributed by atoms with Gasteiger partial charge < -0.3 is 0 Å². The van der Waals surface area contributed by atoms with Crippen LogP contribution in [-0.4, -0.2) is 9.78 Å². The normalized spacial score (nSPS) is 9.94. The summed E-state index contributed by atoms with van der Waals surface area (Å²) in [5.41, 5.74) is 2.26. The molecule has 0 aliphatic rings. The molecular weight excluding hydrogens is 214 g/mol. The number of aryl methyl sites for hydroxylation is 2. The lowest BCUT2D eigenvalue weighted by molar-refractivity contribution is 0.790. The SMILES string of the molecule is Cc1ccc(-n2nc(C#N)c(=O)cc2C)cc1. The second kappa shape index (κ2) is 4.22. The van der Waals surface area contributed by atoms with Crippen molar-refractivity contribution in [3.8, 4) is 11.8 Å². The van der Waals surface area contributed by atoms with Gasteiger partial charge in [-0.3, -0.25) is 4.79 Å². The predicted molar refractivity (Wildman–Crippen MR) is 64.0 cm³/mol. The molecule has 0 N–H and O–H groups in total. The highest BCUT2D eigenvalue weighted by atomic mass is 16.1. The van der Waals surface area contributed by atoms with Gasteiger partial charge in [0.25, 0.3) is 0 Å². The lowest BCUT2D eigenvalue weighted by atomic mass is 10.2. The van der Waals surface area contributed by atoms with Crippen LogP contribution in [0.4, 0.5) is 0 Å². The van der Waals surface area contributed by atoms with Crippen molar-refractivity contribution >= 4 is 0 Å². The second-order valence-electron chi connectivity index (χ2n) is 3.86. The summed E-state index contributed by atoms with van der Waals surface area (Å²) >= 11 is 0. The Balaban J connectivity index is 2.64. The molecule has 0 fully saturated rings. The van der Waals surface area contributed by atoms with Crippen LogP contribution in [0, 0.1) is 25.2 Å². The number of hydrogen-bond acceptors (Lipinski definition) is 3. The molecule has 0 unspecified atom stereocenters. The van der Waals surface area contributed by atoms with E-state index in [9.17, 15) is 4.79 Å². The first-order valence-corrected chi connectivity index (χ1v) is 5.20. The van der Waals surface area contributed by atoms with Gasteiger partial charge >= 0.3 is 0 Å². The van der Waals surface area contributed by atoms with Crippen molar-refractivity contribution in [1.29, 1.82) is 5.26 Å². The number of benzene rings is 1. The molecule has 0 amide bonds. The summed E-state index contributed by atoms with van der Waals surface area (Å²) in [6, 6.07) is 10.9. The Morgan fingerprint density at radius 1 is 1.24 bits per heavy atom. The van der Waals surface area contributed by atoms with E-state index in [1.165, 1.54) is 6.07 Å². The van der Waals surface area contributed by atoms with E-state index in [0.717, 1.165) is 11.3 Å². The standard InChI is InChI=1S/C13H11N3O/c1-9-3-5-11(6-4-9)16-10(2)7-13(17)12(8-14)15-16/h3-7H,1-2H3. The zero-order valence-corrected chi connectivity index (χ0v) is 9.64. The van der Waals surface area contributed by atoms with Gasteiger partial charge in [-0.25, -0.2) is 4.68 Å². The summed E-state index contributed by atoms with van der Waals surface area (Å²) in [7, 11) is 0. The Labute approximate surface area is 98.8 Å². The summed E-state index contributed by atoms with van der Waals surface area (Å²) < 4.78 is 1.60. The summed E-state index contributed by atoms with van der Waals surface area (Å²) in [6.07, 6.45) is 0. The molecule has 0 spiro atoms. The van der Waals surface area contributed by atoms with E-state index in [1.807, 2.05) is 31.2 Å². The molecule has 1 aromatic carbocycles. The number of nitrogens with zero attached hydrogens (tertiary/aromatic N) is 3. The highest BCUT2D eigenvalue weighted by Gasteiger charge is 2.06. The Hall–Kier alpha value is -2.41. The molecule has 0 saturated carbocycles. The van der Waals surface area contributed by atoms with Crippen LogP contribution in [0.1, 0.15) is 17.0 Å². The van der Waals surface area contributed by atoms with Crippen LogP contribution in [0.25, 0.3) is 5.69 Å². The summed E-state index contributed by atoms with van der Waals surface area (Å²) in [5.74, 6) is 0. The van der Waals surface area contributed by atoms with Gasteiger partial charge in [-0.05, 0) is 26.0 Å². The summed E-state index contributed by atoms with van der Waals surface area (Å²) in [6.45, 7) is 3.78. The second-order valence-corrected chi connectivity index (χ2v) is 3.86. The third-order valence-electron chi connectivity index (χ3n) is 2.49. The van der Waals surface area contributed by atoms with Gasteiger partial charge in [0.2, 0.25) is 11.1 Å². The van der Waals surface area contributed by atoms with E-state index in [-0.39, 0.29) is 11.1 Å². The zero-order valence-electron chi connectivity index (χ0n) is 9.64. The number of aromatic nitrogens is 2. The fourth-order valence-electron chi connectivity index (χ4n) is 1.57. The van der Waals surface area contributed by atoms with Gasteiger partial charge in [-0.2, -0.15) is 10.4 Å². The molecular formula is C13H11N3O. The smallest absolute Gasteiger partial charge is 0.218 e. The van der Waals surface area contributed by atoms with Crippen LogP contribution in [0.5, 0.6) is 0 Å². The third-order valence-corrected chi connectivity index (χ3v) is 2.49. The Morgan fingerprint density at radius 2 is 1.88 bits per heavy atom. The van der Waals surface area contributed by atoms with Gasteiger partial charge in [0.05, 0.1) is 5.69 Å². The van der Waals surface area contributed by atoms with Crippen LogP contribution >= 0.6 is 0 Å². The van der Waals surface area contributed by atoms with Crippen molar-refractivity contribution < 1.29 is 0 Å². The quantitative estimate of drug-likeness (QED) is 0.742. The summed E-state index contributed by atoms with van der Waals surface area (Å²) in [4.78, 5) is 11.4. The van der Waals surface area contributed by atoms with E-state index < -0.39 is 0 Å². The van der Waals surface area contributed by atoms with Crippen molar-refractivity contribution in [1.82, 2.24) is 9.78 Å². The highest BCUT2D eigenvalue weighted by molar-refractivity contribution is 5.35. The minimum Gasteiger partial charge on any atom is -0.287 e. The number of rotatable bonds is 1. The average molecular weight is 225 g/mol.